The summed E-state index contributed by atoms with van der Waals surface area (Å²) >= 11 is 9.59. The summed E-state index contributed by atoms with van der Waals surface area (Å²) in [6.07, 6.45) is 2.69. The molecule has 0 saturated heterocycles. The van der Waals surface area contributed by atoms with Crippen molar-refractivity contribution in [1.82, 2.24) is 9.78 Å². The summed E-state index contributed by atoms with van der Waals surface area (Å²) in [6, 6.07) is 5.79. The monoisotopic (exact) mass is 313 g/mol. The quantitative estimate of drug-likeness (QED) is 0.946. The van der Waals surface area contributed by atoms with Gasteiger partial charge in [0.05, 0.1) is 15.9 Å². The van der Waals surface area contributed by atoms with Crippen molar-refractivity contribution in [2.75, 3.05) is 6.54 Å². The summed E-state index contributed by atoms with van der Waals surface area (Å²) < 4.78 is 2.80. The lowest BCUT2D eigenvalue weighted by molar-refractivity contribution is 0.817. The van der Waals surface area contributed by atoms with Crippen molar-refractivity contribution >= 4 is 27.5 Å². The summed E-state index contributed by atoms with van der Waals surface area (Å²) in [6.45, 7) is 2.57. The highest BCUT2D eigenvalue weighted by atomic mass is 79.9. The highest BCUT2D eigenvalue weighted by Gasteiger charge is 2.09. The molecule has 0 aliphatic carbocycles. The average Bonchev–Trinajstić information content (AvgIpc) is 2.65. The fourth-order valence-electron chi connectivity index (χ4n) is 1.66. The summed E-state index contributed by atoms with van der Waals surface area (Å²) in [5.74, 6) is 0. The van der Waals surface area contributed by atoms with Crippen LogP contribution in [0.5, 0.6) is 0 Å². The van der Waals surface area contributed by atoms with Gasteiger partial charge in [-0.3, -0.25) is 0 Å². The Bertz CT molecular complexity index is 537. The Hall–Kier alpha value is -0.840. The van der Waals surface area contributed by atoms with Crippen molar-refractivity contribution in [3.63, 3.8) is 0 Å². The maximum absolute atomic E-state index is 6.10. The van der Waals surface area contributed by atoms with Crippen LogP contribution in [0.4, 0.5) is 0 Å². The number of aromatic nitrogens is 2. The minimum Gasteiger partial charge on any atom is -0.330 e. The zero-order valence-electron chi connectivity index (χ0n) is 9.45. The third-order valence-corrected chi connectivity index (χ3v) is 3.68. The molecule has 0 radical (unpaired) electrons. The highest BCUT2D eigenvalue weighted by molar-refractivity contribution is 9.10. The Morgan fingerprint density at radius 3 is 2.94 bits per heavy atom. The molecule has 0 atom stereocenters. The predicted octanol–water partition coefficient (Wildman–Crippen LogP) is 3.10. The Balaban J connectivity index is 2.46. The number of benzene rings is 1. The van der Waals surface area contributed by atoms with Gasteiger partial charge in [-0.1, -0.05) is 17.7 Å². The highest BCUT2D eigenvalue weighted by Crippen LogP contribution is 2.24. The maximum atomic E-state index is 6.10. The minimum atomic E-state index is 0.587. The van der Waals surface area contributed by atoms with Gasteiger partial charge in [0.15, 0.2) is 0 Å². The van der Waals surface area contributed by atoms with Crippen LogP contribution < -0.4 is 5.73 Å². The molecule has 0 fully saturated rings. The molecule has 0 aliphatic rings. The lowest BCUT2D eigenvalue weighted by Gasteiger charge is -2.06. The third-order valence-electron chi connectivity index (χ3n) is 2.61. The second kappa shape index (κ2) is 5.21. The van der Waals surface area contributed by atoms with Crippen molar-refractivity contribution < 1.29 is 0 Å². The van der Waals surface area contributed by atoms with Gasteiger partial charge >= 0.3 is 0 Å². The maximum Gasteiger partial charge on any atom is 0.0783 e. The predicted molar refractivity (Wildman–Crippen MR) is 73.8 cm³/mol. The van der Waals surface area contributed by atoms with Gasteiger partial charge in [-0.05, 0) is 47.1 Å². The Morgan fingerprint density at radius 1 is 1.47 bits per heavy atom. The van der Waals surface area contributed by atoms with Gasteiger partial charge in [0, 0.05) is 17.6 Å². The first-order valence-electron chi connectivity index (χ1n) is 5.33. The number of hydrogen-bond donors (Lipinski definition) is 1. The number of rotatable bonds is 3. The van der Waals surface area contributed by atoms with E-state index in [0.717, 1.165) is 32.9 Å². The van der Waals surface area contributed by atoms with Crippen LogP contribution in [0.3, 0.4) is 0 Å². The van der Waals surface area contributed by atoms with E-state index < -0.39 is 0 Å². The molecule has 17 heavy (non-hydrogen) atoms. The second-order valence-electron chi connectivity index (χ2n) is 3.79. The van der Waals surface area contributed by atoms with Crippen molar-refractivity contribution in [2.45, 2.75) is 13.3 Å². The van der Waals surface area contributed by atoms with E-state index in [0.29, 0.717) is 6.54 Å². The van der Waals surface area contributed by atoms with Crippen LogP contribution in [0.1, 0.15) is 11.3 Å². The van der Waals surface area contributed by atoms with E-state index in [9.17, 15) is 0 Å². The SMILES string of the molecule is Cc1c(Cl)cccc1-n1cc(Br)c(CCN)n1. The Morgan fingerprint density at radius 2 is 2.24 bits per heavy atom. The molecule has 1 aromatic carbocycles. The molecule has 5 heteroatoms. The zero-order chi connectivity index (χ0) is 12.4. The van der Waals surface area contributed by atoms with Gasteiger partial charge in [0.25, 0.3) is 0 Å². The first-order chi connectivity index (χ1) is 8.13. The fourth-order valence-corrected chi connectivity index (χ4v) is 2.30. The minimum absolute atomic E-state index is 0.587. The molecular formula is C12H13BrClN3. The lowest BCUT2D eigenvalue weighted by atomic mass is 10.2. The number of nitrogens with zero attached hydrogens (tertiary/aromatic N) is 2. The summed E-state index contributed by atoms with van der Waals surface area (Å²) in [5.41, 5.74) is 8.51. The van der Waals surface area contributed by atoms with Gasteiger partial charge in [0.1, 0.15) is 0 Å². The first-order valence-corrected chi connectivity index (χ1v) is 6.50. The van der Waals surface area contributed by atoms with Crippen molar-refractivity contribution in [2.24, 2.45) is 5.73 Å². The molecule has 0 saturated carbocycles. The molecule has 2 N–H and O–H groups in total. The normalized spacial score (nSPS) is 10.8. The van der Waals surface area contributed by atoms with Gasteiger partial charge in [-0.25, -0.2) is 4.68 Å². The summed E-state index contributed by atoms with van der Waals surface area (Å²) in [7, 11) is 0. The molecule has 0 amide bonds. The molecular weight excluding hydrogens is 302 g/mol. The van der Waals surface area contributed by atoms with Crippen LogP contribution in [0.15, 0.2) is 28.9 Å². The third kappa shape index (κ3) is 2.54. The zero-order valence-corrected chi connectivity index (χ0v) is 11.8. The number of nitrogens with two attached hydrogens (primary N) is 1. The van der Waals surface area contributed by atoms with Gasteiger partial charge in [-0.15, -0.1) is 0 Å². The molecule has 0 unspecified atom stereocenters. The van der Waals surface area contributed by atoms with Crippen LogP contribution in [0, 0.1) is 6.92 Å². The molecule has 0 aliphatic heterocycles. The molecule has 1 aromatic heterocycles. The number of halogens is 2. The molecule has 1 heterocycles. The largest absolute Gasteiger partial charge is 0.330 e. The van der Waals surface area contributed by atoms with Crippen molar-refractivity contribution in [1.29, 1.82) is 0 Å². The molecule has 2 rings (SSSR count). The van der Waals surface area contributed by atoms with E-state index in [4.69, 9.17) is 17.3 Å². The average molecular weight is 315 g/mol. The van der Waals surface area contributed by atoms with Crippen LogP contribution in [-0.4, -0.2) is 16.3 Å². The lowest BCUT2D eigenvalue weighted by Crippen LogP contribution is -2.05. The second-order valence-corrected chi connectivity index (χ2v) is 5.05. The molecule has 90 valence electrons. The van der Waals surface area contributed by atoms with Gasteiger partial charge < -0.3 is 5.73 Å². The Labute approximate surface area is 114 Å². The fraction of sp³-hybridized carbons (Fsp3) is 0.250. The number of hydrogen-bond acceptors (Lipinski definition) is 2. The standard InChI is InChI=1S/C12H13BrClN3/c1-8-10(14)3-2-4-12(8)17-7-9(13)11(16-17)5-6-15/h2-4,7H,5-6,15H2,1H3. The molecule has 0 bridgehead atoms. The van der Waals surface area contributed by atoms with E-state index in [1.54, 1.807) is 0 Å². The topological polar surface area (TPSA) is 43.8 Å². The van der Waals surface area contributed by atoms with E-state index in [-0.39, 0.29) is 0 Å². The Kier molecular flexibility index (Phi) is 3.86. The van der Waals surface area contributed by atoms with Crippen LogP contribution in [-0.2, 0) is 6.42 Å². The van der Waals surface area contributed by atoms with Crippen LogP contribution in [0.2, 0.25) is 5.02 Å². The van der Waals surface area contributed by atoms with Gasteiger partial charge in [-0.2, -0.15) is 5.10 Å². The van der Waals surface area contributed by atoms with E-state index in [1.807, 2.05) is 36.0 Å². The van der Waals surface area contributed by atoms with Crippen molar-refractivity contribution in [3.8, 4) is 5.69 Å². The van der Waals surface area contributed by atoms with Crippen LogP contribution in [0.25, 0.3) is 5.69 Å². The molecule has 3 nitrogen and oxygen atoms in total. The summed E-state index contributed by atoms with van der Waals surface area (Å²) in [4.78, 5) is 0. The van der Waals surface area contributed by atoms with E-state index in [2.05, 4.69) is 21.0 Å². The van der Waals surface area contributed by atoms with Crippen molar-refractivity contribution in [3.05, 3.63) is 45.1 Å². The smallest absolute Gasteiger partial charge is 0.0783 e. The van der Waals surface area contributed by atoms with E-state index in [1.165, 1.54) is 0 Å². The van der Waals surface area contributed by atoms with Crippen LogP contribution >= 0.6 is 27.5 Å². The van der Waals surface area contributed by atoms with Gasteiger partial charge in [0.2, 0.25) is 0 Å². The summed E-state index contributed by atoms with van der Waals surface area (Å²) in [5, 5.41) is 5.25. The molecule has 2 aromatic rings. The van der Waals surface area contributed by atoms with E-state index >= 15 is 0 Å². The molecule has 0 spiro atoms. The first kappa shape index (κ1) is 12.6.